The summed E-state index contributed by atoms with van der Waals surface area (Å²) in [5.74, 6) is 1.12. The highest BCUT2D eigenvalue weighted by Crippen LogP contribution is 2.36. The maximum atomic E-state index is 10.5. The maximum Gasteiger partial charge on any atom is 0.179 e. The van der Waals surface area contributed by atoms with E-state index in [2.05, 4.69) is 5.32 Å². The molecule has 2 rings (SSSR count). The van der Waals surface area contributed by atoms with Crippen LogP contribution >= 0.6 is 22.9 Å². The molecule has 2 N–H and O–H groups in total. The summed E-state index contributed by atoms with van der Waals surface area (Å²) in [6.07, 6.45) is 0. The molecule has 0 amide bonds. The normalized spacial score (nSPS) is 13.7. The molecule has 0 aliphatic carbocycles. The zero-order chi connectivity index (χ0) is 16.2. The fourth-order valence-corrected chi connectivity index (χ4v) is 3.29. The molecular weight excluding hydrogens is 322 g/mol. The van der Waals surface area contributed by atoms with Gasteiger partial charge in [-0.25, -0.2) is 0 Å². The maximum absolute atomic E-state index is 10.5. The molecule has 1 unspecified atom stereocenters. The second-order valence-electron chi connectivity index (χ2n) is 5.20. The molecule has 1 atom stereocenters. The van der Waals surface area contributed by atoms with Crippen molar-refractivity contribution in [2.24, 2.45) is 0 Å². The topological polar surface area (TPSA) is 50.7 Å². The van der Waals surface area contributed by atoms with E-state index in [9.17, 15) is 5.11 Å². The molecule has 0 spiro atoms. The average Bonchev–Trinajstić information content (AvgIpc) is 3.01. The van der Waals surface area contributed by atoms with Gasteiger partial charge >= 0.3 is 0 Å². The van der Waals surface area contributed by atoms with Gasteiger partial charge in [-0.3, -0.25) is 0 Å². The lowest BCUT2D eigenvalue weighted by molar-refractivity contribution is 0.0571. The van der Waals surface area contributed by atoms with Crippen LogP contribution in [0.15, 0.2) is 29.0 Å². The van der Waals surface area contributed by atoms with Crippen molar-refractivity contribution < 1.29 is 14.6 Å². The van der Waals surface area contributed by atoms with Crippen molar-refractivity contribution in [1.29, 1.82) is 0 Å². The smallest absolute Gasteiger partial charge is 0.179 e. The zero-order valence-electron chi connectivity index (χ0n) is 12.9. The van der Waals surface area contributed by atoms with Gasteiger partial charge in [-0.15, -0.1) is 0 Å². The molecule has 0 saturated carbocycles. The molecule has 0 radical (unpaired) electrons. The van der Waals surface area contributed by atoms with Crippen LogP contribution < -0.4 is 14.8 Å². The Morgan fingerprint density at radius 2 is 2.09 bits per heavy atom. The highest BCUT2D eigenvalue weighted by atomic mass is 35.5. The standard InChI is InChI=1S/C16H20ClNO3S/c1-16(19,12-4-5-22-9-12)10-18-8-11-6-13(17)15(21-3)14(7-11)20-2/h4-7,9,18-19H,8,10H2,1-3H3. The van der Waals surface area contributed by atoms with Crippen LogP contribution in [0.2, 0.25) is 5.02 Å². The van der Waals surface area contributed by atoms with Gasteiger partial charge in [-0.1, -0.05) is 11.6 Å². The molecular formula is C16H20ClNO3S. The quantitative estimate of drug-likeness (QED) is 0.810. The summed E-state index contributed by atoms with van der Waals surface area (Å²) in [5, 5.41) is 18.1. The van der Waals surface area contributed by atoms with E-state index in [4.69, 9.17) is 21.1 Å². The lowest BCUT2D eigenvalue weighted by Gasteiger charge is -2.23. The van der Waals surface area contributed by atoms with Gasteiger partial charge in [0.2, 0.25) is 0 Å². The number of hydrogen-bond donors (Lipinski definition) is 2. The first kappa shape index (κ1) is 17.1. The van der Waals surface area contributed by atoms with Gasteiger partial charge < -0.3 is 19.9 Å². The highest BCUT2D eigenvalue weighted by Gasteiger charge is 2.23. The number of hydrogen-bond acceptors (Lipinski definition) is 5. The van der Waals surface area contributed by atoms with Crippen molar-refractivity contribution in [3.8, 4) is 11.5 Å². The molecule has 6 heteroatoms. The predicted molar refractivity (Wildman–Crippen MR) is 90.2 cm³/mol. The Morgan fingerprint density at radius 3 is 2.68 bits per heavy atom. The number of methoxy groups -OCH3 is 2. The van der Waals surface area contributed by atoms with E-state index in [0.717, 1.165) is 11.1 Å². The fourth-order valence-electron chi connectivity index (χ4n) is 2.20. The molecule has 1 aromatic heterocycles. The Labute approximate surface area is 139 Å². The highest BCUT2D eigenvalue weighted by molar-refractivity contribution is 7.08. The van der Waals surface area contributed by atoms with Crippen molar-refractivity contribution >= 4 is 22.9 Å². The van der Waals surface area contributed by atoms with E-state index >= 15 is 0 Å². The van der Waals surface area contributed by atoms with Crippen molar-refractivity contribution in [3.63, 3.8) is 0 Å². The van der Waals surface area contributed by atoms with Gasteiger partial charge in [0.25, 0.3) is 0 Å². The van der Waals surface area contributed by atoms with Crippen LogP contribution in [0.4, 0.5) is 0 Å². The minimum absolute atomic E-state index is 0.440. The van der Waals surface area contributed by atoms with Gasteiger partial charge in [0.1, 0.15) is 0 Å². The molecule has 120 valence electrons. The summed E-state index contributed by atoms with van der Waals surface area (Å²) in [6, 6.07) is 5.63. The molecule has 22 heavy (non-hydrogen) atoms. The minimum Gasteiger partial charge on any atom is -0.493 e. The Morgan fingerprint density at radius 1 is 1.32 bits per heavy atom. The van der Waals surface area contributed by atoms with Gasteiger partial charge in [0, 0.05) is 13.1 Å². The number of ether oxygens (including phenoxy) is 2. The van der Waals surface area contributed by atoms with Crippen molar-refractivity contribution in [2.75, 3.05) is 20.8 Å². The zero-order valence-corrected chi connectivity index (χ0v) is 14.4. The second-order valence-corrected chi connectivity index (χ2v) is 6.39. The van der Waals surface area contributed by atoms with E-state index in [1.165, 1.54) is 0 Å². The van der Waals surface area contributed by atoms with Crippen LogP contribution in [-0.2, 0) is 12.1 Å². The molecule has 1 heterocycles. The first-order valence-corrected chi connectivity index (χ1v) is 8.16. The fraction of sp³-hybridized carbons (Fsp3) is 0.375. The molecule has 0 aliphatic rings. The van der Waals surface area contributed by atoms with Crippen LogP contribution in [-0.4, -0.2) is 25.9 Å². The molecule has 0 aliphatic heterocycles. The molecule has 4 nitrogen and oxygen atoms in total. The second kappa shape index (κ2) is 7.33. The summed E-state index contributed by atoms with van der Waals surface area (Å²) in [6.45, 7) is 2.81. The van der Waals surface area contributed by atoms with Crippen molar-refractivity contribution in [1.82, 2.24) is 5.32 Å². The lowest BCUT2D eigenvalue weighted by Crippen LogP contribution is -2.34. The molecule has 2 aromatic rings. The Hall–Kier alpha value is -1.27. The third-order valence-electron chi connectivity index (χ3n) is 3.43. The summed E-state index contributed by atoms with van der Waals surface area (Å²) < 4.78 is 10.5. The number of nitrogens with one attached hydrogen (secondary N) is 1. The Bertz CT molecular complexity index is 614. The third-order valence-corrected chi connectivity index (χ3v) is 4.40. The van der Waals surface area contributed by atoms with E-state index in [-0.39, 0.29) is 0 Å². The van der Waals surface area contributed by atoms with Crippen molar-refractivity contribution in [3.05, 3.63) is 45.1 Å². The number of aliphatic hydroxyl groups is 1. The third kappa shape index (κ3) is 3.93. The van der Waals surface area contributed by atoms with Gasteiger partial charge in [-0.05, 0) is 47.0 Å². The average molecular weight is 342 g/mol. The summed E-state index contributed by atoms with van der Waals surface area (Å²) in [4.78, 5) is 0. The molecule has 0 saturated heterocycles. The molecule has 0 bridgehead atoms. The first-order valence-electron chi connectivity index (χ1n) is 6.84. The summed E-state index contributed by atoms with van der Waals surface area (Å²) in [7, 11) is 3.13. The van der Waals surface area contributed by atoms with Crippen molar-refractivity contribution in [2.45, 2.75) is 19.1 Å². The molecule has 0 fully saturated rings. The van der Waals surface area contributed by atoms with E-state index in [1.807, 2.05) is 29.0 Å². The predicted octanol–water partition coefficient (Wildman–Crippen LogP) is 3.42. The van der Waals surface area contributed by atoms with Gasteiger partial charge in [-0.2, -0.15) is 11.3 Å². The summed E-state index contributed by atoms with van der Waals surface area (Å²) >= 11 is 7.75. The Balaban J connectivity index is 2.02. The largest absolute Gasteiger partial charge is 0.493 e. The Kier molecular flexibility index (Phi) is 5.69. The SMILES string of the molecule is COc1cc(CNCC(C)(O)c2ccsc2)cc(Cl)c1OC. The number of rotatable bonds is 7. The van der Waals surface area contributed by atoms with Crippen LogP contribution in [0, 0.1) is 0 Å². The van der Waals surface area contributed by atoms with E-state index in [1.54, 1.807) is 32.5 Å². The van der Waals surface area contributed by atoms with Crippen LogP contribution in [0.25, 0.3) is 0 Å². The summed E-state index contributed by atoms with van der Waals surface area (Å²) in [5.41, 5.74) is 0.972. The van der Waals surface area contributed by atoms with E-state index < -0.39 is 5.60 Å². The van der Waals surface area contributed by atoms with Gasteiger partial charge in [0.15, 0.2) is 11.5 Å². The number of thiophene rings is 1. The minimum atomic E-state index is -0.902. The van der Waals surface area contributed by atoms with E-state index in [0.29, 0.717) is 29.6 Å². The number of halogens is 1. The van der Waals surface area contributed by atoms with Crippen LogP contribution in [0.1, 0.15) is 18.1 Å². The number of benzene rings is 1. The first-order chi connectivity index (χ1) is 10.5. The lowest BCUT2D eigenvalue weighted by atomic mass is 9.99. The van der Waals surface area contributed by atoms with Crippen LogP contribution in [0.3, 0.4) is 0 Å². The van der Waals surface area contributed by atoms with Crippen LogP contribution in [0.5, 0.6) is 11.5 Å². The monoisotopic (exact) mass is 341 g/mol. The van der Waals surface area contributed by atoms with Gasteiger partial charge in [0.05, 0.1) is 24.8 Å². The molecule has 1 aromatic carbocycles.